The molecule has 0 aromatic carbocycles. The van der Waals surface area contributed by atoms with E-state index in [1.807, 2.05) is 0 Å². The lowest BCUT2D eigenvalue weighted by atomic mass is 10.1. The fraction of sp³-hybridized carbons (Fsp3) is 0.750. The van der Waals surface area contributed by atoms with Gasteiger partial charge in [0.2, 0.25) is 5.82 Å². The molecule has 2 aliphatic heterocycles. The zero-order valence-corrected chi connectivity index (χ0v) is 11.5. The second kappa shape index (κ2) is 5.37. The van der Waals surface area contributed by atoms with Crippen LogP contribution >= 0.6 is 0 Å². The third-order valence-electron chi connectivity index (χ3n) is 4.07. The van der Waals surface area contributed by atoms with Gasteiger partial charge >= 0.3 is 5.69 Å². The van der Waals surface area contributed by atoms with Crippen molar-refractivity contribution in [2.45, 2.75) is 25.0 Å². The summed E-state index contributed by atoms with van der Waals surface area (Å²) in [5.41, 5.74) is 0.0752. The van der Waals surface area contributed by atoms with E-state index in [-0.39, 0.29) is 16.7 Å². The number of aryl methyl sites for hydroxylation is 1. The number of morpholine rings is 1. The average molecular weight is 281 g/mol. The summed E-state index contributed by atoms with van der Waals surface area (Å²) in [5, 5.41) is 18.6. The molecule has 0 radical (unpaired) electrons. The third-order valence-corrected chi connectivity index (χ3v) is 4.07. The van der Waals surface area contributed by atoms with E-state index in [1.54, 1.807) is 11.7 Å². The van der Waals surface area contributed by atoms with E-state index < -0.39 is 0 Å². The Labute approximate surface area is 116 Å². The highest BCUT2D eigenvalue weighted by Crippen LogP contribution is 2.29. The van der Waals surface area contributed by atoms with Gasteiger partial charge in [0.05, 0.1) is 17.6 Å². The molecule has 1 N–H and O–H groups in total. The van der Waals surface area contributed by atoms with Crippen molar-refractivity contribution in [2.75, 3.05) is 31.1 Å². The number of rotatable bonds is 2. The van der Waals surface area contributed by atoms with Crippen molar-refractivity contribution in [1.82, 2.24) is 15.1 Å². The van der Waals surface area contributed by atoms with Crippen molar-refractivity contribution in [3.63, 3.8) is 0 Å². The predicted molar refractivity (Wildman–Crippen MR) is 72.8 cm³/mol. The second-order valence-electron chi connectivity index (χ2n) is 5.27. The van der Waals surface area contributed by atoms with Crippen molar-refractivity contribution in [3.8, 4) is 0 Å². The zero-order chi connectivity index (χ0) is 14.1. The van der Waals surface area contributed by atoms with E-state index >= 15 is 0 Å². The molecule has 2 atom stereocenters. The number of nitrogens with zero attached hydrogens (tertiary/aromatic N) is 4. The highest BCUT2D eigenvalue weighted by atomic mass is 16.6. The molecule has 2 saturated heterocycles. The molecule has 0 bridgehead atoms. The summed E-state index contributed by atoms with van der Waals surface area (Å²) < 4.78 is 7.37. The molecular weight excluding hydrogens is 262 g/mol. The minimum Gasteiger partial charge on any atom is -0.375 e. The van der Waals surface area contributed by atoms with Gasteiger partial charge in [0, 0.05) is 32.7 Å². The number of fused-ring (bicyclic) bond motifs is 1. The van der Waals surface area contributed by atoms with Gasteiger partial charge in [-0.25, -0.2) is 4.68 Å². The lowest BCUT2D eigenvalue weighted by Gasteiger charge is -2.30. The minimum atomic E-state index is -0.366. The molecule has 1 aromatic heterocycles. The SMILES string of the molecule is Cn1ncc([N+](=O)[O-])c1N1CC[C@H]2NCCO[C@@H]2CC1. The van der Waals surface area contributed by atoms with Gasteiger partial charge in [-0.05, 0) is 12.8 Å². The number of anilines is 1. The van der Waals surface area contributed by atoms with Gasteiger partial charge in [-0.1, -0.05) is 0 Å². The molecule has 2 fully saturated rings. The van der Waals surface area contributed by atoms with Crippen LogP contribution in [-0.2, 0) is 11.8 Å². The van der Waals surface area contributed by atoms with Gasteiger partial charge in [0.1, 0.15) is 6.20 Å². The first-order valence-electron chi connectivity index (χ1n) is 6.93. The summed E-state index contributed by atoms with van der Waals surface area (Å²) in [6.07, 6.45) is 3.33. The first kappa shape index (κ1) is 13.3. The Morgan fingerprint density at radius 2 is 2.30 bits per heavy atom. The first-order valence-corrected chi connectivity index (χ1v) is 6.93. The topological polar surface area (TPSA) is 85.5 Å². The van der Waals surface area contributed by atoms with Crippen molar-refractivity contribution in [3.05, 3.63) is 16.3 Å². The minimum absolute atomic E-state index is 0.0752. The van der Waals surface area contributed by atoms with Crippen molar-refractivity contribution >= 4 is 11.5 Å². The van der Waals surface area contributed by atoms with Crippen LogP contribution in [0.15, 0.2) is 6.20 Å². The number of aromatic nitrogens is 2. The van der Waals surface area contributed by atoms with E-state index in [2.05, 4.69) is 15.3 Å². The Morgan fingerprint density at radius 1 is 1.50 bits per heavy atom. The van der Waals surface area contributed by atoms with Gasteiger partial charge < -0.3 is 15.0 Å². The van der Waals surface area contributed by atoms with Crippen LogP contribution in [0, 0.1) is 10.1 Å². The Bertz CT molecular complexity index is 487. The Morgan fingerprint density at radius 3 is 3.10 bits per heavy atom. The highest BCUT2D eigenvalue weighted by Gasteiger charge is 2.32. The van der Waals surface area contributed by atoms with Crippen LogP contribution in [0.4, 0.5) is 11.5 Å². The van der Waals surface area contributed by atoms with Crippen molar-refractivity contribution < 1.29 is 9.66 Å². The molecule has 3 rings (SSSR count). The molecule has 0 amide bonds. The highest BCUT2D eigenvalue weighted by molar-refractivity contribution is 5.57. The van der Waals surface area contributed by atoms with E-state index in [9.17, 15) is 10.1 Å². The Hall–Kier alpha value is -1.67. The summed E-state index contributed by atoms with van der Waals surface area (Å²) in [5.74, 6) is 0.591. The maximum atomic E-state index is 11.1. The molecule has 3 heterocycles. The molecule has 2 aliphatic rings. The second-order valence-corrected chi connectivity index (χ2v) is 5.27. The maximum absolute atomic E-state index is 11.1. The van der Waals surface area contributed by atoms with Gasteiger partial charge in [-0.2, -0.15) is 5.10 Å². The van der Waals surface area contributed by atoms with Crippen LogP contribution in [0.3, 0.4) is 0 Å². The molecule has 1 aromatic rings. The molecule has 0 saturated carbocycles. The summed E-state index contributed by atoms with van der Waals surface area (Å²) in [4.78, 5) is 12.8. The van der Waals surface area contributed by atoms with Gasteiger partial charge in [-0.15, -0.1) is 0 Å². The Balaban J connectivity index is 1.81. The monoisotopic (exact) mass is 281 g/mol. The van der Waals surface area contributed by atoms with E-state index in [4.69, 9.17) is 4.74 Å². The number of ether oxygens (including phenoxy) is 1. The third kappa shape index (κ3) is 2.36. The predicted octanol–water partition coefficient (Wildman–Crippen LogP) is 0.285. The molecule has 0 spiro atoms. The summed E-state index contributed by atoms with van der Waals surface area (Å²) >= 11 is 0. The lowest BCUT2D eigenvalue weighted by molar-refractivity contribution is -0.384. The lowest BCUT2D eigenvalue weighted by Crippen LogP contribution is -2.48. The molecule has 110 valence electrons. The van der Waals surface area contributed by atoms with Crippen LogP contribution in [0.1, 0.15) is 12.8 Å². The van der Waals surface area contributed by atoms with Crippen molar-refractivity contribution in [2.24, 2.45) is 7.05 Å². The quantitative estimate of drug-likeness (QED) is 0.619. The fourth-order valence-electron chi connectivity index (χ4n) is 3.09. The van der Waals surface area contributed by atoms with Crippen LogP contribution in [0.25, 0.3) is 0 Å². The van der Waals surface area contributed by atoms with Gasteiger partial charge in [0.15, 0.2) is 0 Å². The summed E-state index contributed by atoms with van der Waals surface area (Å²) in [6.45, 7) is 3.15. The van der Waals surface area contributed by atoms with E-state index in [0.717, 1.165) is 39.1 Å². The molecule has 8 nitrogen and oxygen atoms in total. The number of hydrogen-bond acceptors (Lipinski definition) is 6. The standard InChI is InChI=1S/C12H19N5O3/c1-15-12(10(8-14-15)17(18)19)16-5-2-9-11(3-6-16)20-7-4-13-9/h8-9,11,13H,2-7H2,1H3/t9-,11-/m1/s1. The molecule has 20 heavy (non-hydrogen) atoms. The van der Waals surface area contributed by atoms with Crippen LogP contribution in [0.5, 0.6) is 0 Å². The Kier molecular flexibility index (Phi) is 3.58. The smallest absolute Gasteiger partial charge is 0.331 e. The van der Waals surface area contributed by atoms with Gasteiger partial charge in [-0.3, -0.25) is 10.1 Å². The summed E-state index contributed by atoms with van der Waals surface area (Å²) in [7, 11) is 1.75. The molecule has 8 heteroatoms. The van der Waals surface area contributed by atoms with Gasteiger partial charge in [0.25, 0.3) is 0 Å². The largest absolute Gasteiger partial charge is 0.375 e. The first-order chi connectivity index (χ1) is 9.66. The van der Waals surface area contributed by atoms with Crippen LogP contribution < -0.4 is 10.2 Å². The van der Waals surface area contributed by atoms with Crippen LogP contribution in [-0.4, -0.2) is 53.1 Å². The molecule has 0 aliphatic carbocycles. The summed E-state index contributed by atoms with van der Waals surface area (Å²) in [6, 6.07) is 0.348. The maximum Gasteiger partial charge on any atom is 0.331 e. The molecular formula is C12H19N5O3. The fourth-order valence-corrected chi connectivity index (χ4v) is 3.09. The van der Waals surface area contributed by atoms with Crippen LogP contribution in [0.2, 0.25) is 0 Å². The zero-order valence-electron chi connectivity index (χ0n) is 11.5. The van der Waals surface area contributed by atoms with Crippen molar-refractivity contribution in [1.29, 1.82) is 0 Å². The van der Waals surface area contributed by atoms with E-state index in [1.165, 1.54) is 6.20 Å². The number of nitro groups is 1. The normalized spacial score (nSPS) is 26.9. The number of hydrogen-bond donors (Lipinski definition) is 1. The number of nitrogens with one attached hydrogen (secondary N) is 1. The molecule has 0 unspecified atom stereocenters. The van der Waals surface area contributed by atoms with E-state index in [0.29, 0.717) is 11.9 Å². The average Bonchev–Trinajstić information content (AvgIpc) is 2.70.